The fourth-order valence-electron chi connectivity index (χ4n) is 3.44. The highest BCUT2D eigenvalue weighted by Crippen LogP contribution is 2.30. The summed E-state index contributed by atoms with van der Waals surface area (Å²) in [5.74, 6) is 1.58. The number of nitrogens with two attached hydrogens (primary N) is 1. The molecule has 20 heavy (non-hydrogen) atoms. The highest BCUT2D eigenvalue weighted by atomic mass is 35.5. The highest BCUT2D eigenvalue weighted by molar-refractivity contribution is 7.99. The van der Waals surface area contributed by atoms with Crippen molar-refractivity contribution in [3.63, 3.8) is 0 Å². The molecule has 0 saturated heterocycles. The first-order valence-electron chi connectivity index (χ1n) is 7.88. The van der Waals surface area contributed by atoms with Crippen LogP contribution in [0.15, 0.2) is 0 Å². The van der Waals surface area contributed by atoms with Crippen LogP contribution in [0.2, 0.25) is 0 Å². The normalized spacial score (nSPS) is 34.1. The van der Waals surface area contributed by atoms with E-state index < -0.39 is 0 Å². The van der Waals surface area contributed by atoms with Crippen LogP contribution in [0.4, 0.5) is 0 Å². The number of amides is 1. The molecule has 0 aromatic carbocycles. The minimum absolute atomic E-state index is 0. The first-order chi connectivity index (χ1) is 9.20. The van der Waals surface area contributed by atoms with Crippen molar-refractivity contribution in [2.24, 2.45) is 11.7 Å². The molecule has 2 saturated carbocycles. The number of carbonyl (C=O) groups is 1. The quantitative estimate of drug-likeness (QED) is 0.837. The molecule has 0 bridgehead atoms. The van der Waals surface area contributed by atoms with Crippen molar-refractivity contribution in [1.82, 2.24) is 5.32 Å². The van der Waals surface area contributed by atoms with Gasteiger partial charge in [-0.2, -0.15) is 11.8 Å². The zero-order valence-electron chi connectivity index (χ0n) is 12.5. The van der Waals surface area contributed by atoms with Crippen molar-refractivity contribution in [3.8, 4) is 0 Å². The van der Waals surface area contributed by atoms with Crippen LogP contribution in [-0.2, 0) is 4.79 Å². The summed E-state index contributed by atoms with van der Waals surface area (Å²) in [4.78, 5) is 12.4. The van der Waals surface area contributed by atoms with Gasteiger partial charge in [0.1, 0.15) is 0 Å². The van der Waals surface area contributed by atoms with Crippen LogP contribution in [0.25, 0.3) is 0 Å². The van der Waals surface area contributed by atoms with Crippen LogP contribution in [-0.4, -0.2) is 29.0 Å². The van der Waals surface area contributed by atoms with E-state index in [4.69, 9.17) is 5.73 Å². The molecule has 3 N–H and O–H groups in total. The summed E-state index contributed by atoms with van der Waals surface area (Å²) in [6.45, 7) is 2.21. The van der Waals surface area contributed by atoms with E-state index in [0.717, 1.165) is 37.9 Å². The van der Waals surface area contributed by atoms with E-state index >= 15 is 0 Å². The first kappa shape index (κ1) is 18.1. The van der Waals surface area contributed by atoms with Crippen LogP contribution in [0.3, 0.4) is 0 Å². The molecule has 0 heterocycles. The summed E-state index contributed by atoms with van der Waals surface area (Å²) in [7, 11) is 0. The van der Waals surface area contributed by atoms with Gasteiger partial charge in [0.05, 0.1) is 0 Å². The Morgan fingerprint density at radius 1 is 1.20 bits per heavy atom. The molecule has 0 aromatic heterocycles. The number of nitrogens with one attached hydrogen (secondary N) is 1. The Labute approximate surface area is 133 Å². The van der Waals surface area contributed by atoms with Gasteiger partial charge in [0.2, 0.25) is 5.91 Å². The molecule has 1 amide bonds. The third-order valence-corrected chi connectivity index (χ3v) is 5.82. The molecule has 0 spiro atoms. The van der Waals surface area contributed by atoms with Gasteiger partial charge in [0.25, 0.3) is 0 Å². The Kier molecular flexibility index (Phi) is 8.30. The maximum atomic E-state index is 12.4. The van der Waals surface area contributed by atoms with Gasteiger partial charge in [0.15, 0.2) is 0 Å². The summed E-state index contributed by atoms with van der Waals surface area (Å²) < 4.78 is 0. The van der Waals surface area contributed by atoms with Crippen molar-refractivity contribution in [2.75, 3.05) is 5.75 Å². The molecular formula is C15H29ClN2OS. The number of carbonyl (C=O) groups excluding carboxylic acids is 1. The van der Waals surface area contributed by atoms with E-state index in [0.29, 0.717) is 11.3 Å². The molecule has 0 radical (unpaired) electrons. The summed E-state index contributed by atoms with van der Waals surface area (Å²) in [5.41, 5.74) is 5.99. The Morgan fingerprint density at radius 2 is 1.95 bits per heavy atom. The van der Waals surface area contributed by atoms with Crippen LogP contribution < -0.4 is 11.1 Å². The van der Waals surface area contributed by atoms with Gasteiger partial charge in [0, 0.05) is 23.3 Å². The first-order valence-corrected chi connectivity index (χ1v) is 8.93. The standard InChI is InChI=1S/C15H28N2OS.ClH/c1-2-19-14-9-4-3-8-13(14)17-15(18)11-6-5-7-12(16)10-11;/h11-14H,2-10,16H2,1H3,(H,17,18);1H. The fraction of sp³-hybridized carbons (Fsp3) is 0.933. The van der Waals surface area contributed by atoms with E-state index in [-0.39, 0.29) is 30.3 Å². The average molecular weight is 321 g/mol. The third-order valence-electron chi connectivity index (χ3n) is 4.50. The summed E-state index contributed by atoms with van der Waals surface area (Å²) >= 11 is 2.01. The van der Waals surface area contributed by atoms with Crippen LogP contribution in [0.1, 0.15) is 58.3 Å². The third kappa shape index (κ3) is 5.12. The van der Waals surface area contributed by atoms with Crippen LogP contribution in [0.5, 0.6) is 0 Å². The molecule has 4 unspecified atom stereocenters. The van der Waals surface area contributed by atoms with Gasteiger partial charge in [-0.1, -0.05) is 26.2 Å². The largest absolute Gasteiger partial charge is 0.352 e. The molecule has 2 aliphatic carbocycles. The monoisotopic (exact) mass is 320 g/mol. The number of thioether (sulfide) groups is 1. The Morgan fingerprint density at radius 3 is 2.65 bits per heavy atom. The maximum Gasteiger partial charge on any atom is 0.223 e. The van der Waals surface area contributed by atoms with E-state index in [2.05, 4.69) is 12.2 Å². The summed E-state index contributed by atoms with van der Waals surface area (Å²) in [6, 6.07) is 0.626. The highest BCUT2D eigenvalue weighted by Gasteiger charge is 2.30. The lowest BCUT2D eigenvalue weighted by Crippen LogP contribution is -2.47. The average Bonchev–Trinajstić information content (AvgIpc) is 2.41. The SMILES string of the molecule is CCSC1CCCCC1NC(=O)C1CCCC(N)C1.Cl. The molecule has 5 heteroatoms. The second kappa shape index (κ2) is 9.16. The smallest absolute Gasteiger partial charge is 0.223 e. The van der Waals surface area contributed by atoms with E-state index in [1.54, 1.807) is 0 Å². The lowest BCUT2D eigenvalue weighted by molar-refractivity contribution is -0.127. The lowest BCUT2D eigenvalue weighted by Gasteiger charge is -2.34. The zero-order chi connectivity index (χ0) is 13.7. The molecule has 2 rings (SSSR count). The minimum Gasteiger partial charge on any atom is -0.352 e. The minimum atomic E-state index is 0. The van der Waals surface area contributed by atoms with Gasteiger partial charge >= 0.3 is 0 Å². The van der Waals surface area contributed by atoms with Gasteiger partial charge in [-0.3, -0.25) is 4.79 Å². The van der Waals surface area contributed by atoms with E-state index in [1.807, 2.05) is 11.8 Å². The predicted molar refractivity (Wildman–Crippen MR) is 89.5 cm³/mol. The van der Waals surface area contributed by atoms with E-state index in [9.17, 15) is 4.79 Å². The molecule has 0 aliphatic heterocycles. The molecule has 2 fully saturated rings. The number of hydrogen-bond donors (Lipinski definition) is 2. The number of halogens is 1. The summed E-state index contributed by atoms with van der Waals surface area (Å²) in [5, 5.41) is 3.95. The van der Waals surface area contributed by atoms with Crippen molar-refractivity contribution >= 4 is 30.1 Å². The van der Waals surface area contributed by atoms with E-state index in [1.165, 1.54) is 19.3 Å². The second-order valence-corrected chi connectivity index (χ2v) is 7.53. The molecule has 2 aliphatic rings. The molecule has 118 valence electrons. The summed E-state index contributed by atoms with van der Waals surface area (Å²) in [6.07, 6.45) is 9.09. The number of rotatable bonds is 4. The maximum absolute atomic E-state index is 12.4. The molecule has 4 atom stereocenters. The van der Waals surface area contributed by atoms with Crippen LogP contribution >= 0.6 is 24.2 Å². The second-order valence-electron chi connectivity index (χ2n) is 6.02. The molecule has 3 nitrogen and oxygen atoms in total. The molecule has 0 aromatic rings. The Balaban J connectivity index is 0.00000200. The molecular weight excluding hydrogens is 292 g/mol. The fourth-order valence-corrected chi connectivity index (χ4v) is 4.64. The Hall–Kier alpha value is 0.0700. The zero-order valence-corrected chi connectivity index (χ0v) is 14.1. The van der Waals surface area contributed by atoms with Crippen molar-refractivity contribution in [1.29, 1.82) is 0 Å². The van der Waals surface area contributed by atoms with Crippen molar-refractivity contribution in [2.45, 2.75) is 75.6 Å². The predicted octanol–water partition coefficient (Wildman–Crippen LogP) is 3.11. The van der Waals surface area contributed by atoms with Crippen LogP contribution in [0, 0.1) is 5.92 Å². The topological polar surface area (TPSA) is 55.1 Å². The Bertz CT molecular complexity index is 302. The van der Waals surface area contributed by atoms with Gasteiger partial charge in [-0.25, -0.2) is 0 Å². The lowest BCUT2D eigenvalue weighted by atomic mass is 9.85. The van der Waals surface area contributed by atoms with Gasteiger partial charge in [-0.05, 0) is 37.9 Å². The van der Waals surface area contributed by atoms with Crippen molar-refractivity contribution < 1.29 is 4.79 Å². The van der Waals surface area contributed by atoms with Gasteiger partial charge in [-0.15, -0.1) is 12.4 Å². The van der Waals surface area contributed by atoms with Crippen molar-refractivity contribution in [3.05, 3.63) is 0 Å². The van der Waals surface area contributed by atoms with Gasteiger partial charge < -0.3 is 11.1 Å². The number of hydrogen-bond acceptors (Lipinski definition) is 3.